The number of benzene rings is 2. The number of amides is 1. The molecular weight excluding hydrogens is 298 g/mol. The molecule has 2 aromatic rings. The highest BCUT2D eigenvalue weighted by atomic mass is 16.6. The van der Waals surface area contributed by atoms with Gasteiger partial charge in [-0.25, -0.2) is 4.79 Å². The Bertz CT molecular complexity index is 665. The Labute approximate surface area is 143 Å². The summed E-state index contributed by atoms with van der Waals surface area (Å²) in [5.74, 6) is 0. The molecule has 1 unspecified atom stereocenters. The van der Waals surface area contributed by atoms with Gasteiger partial charge in [-0.3, -0.25) is 4.90 Å². The zero-order chi connectivity index (χ0) is 16.8. The molecule has 3 nitrogen and oxygen atoms in total. The maximum atomic E-state index is 12.8. The van der Waals surface area contributed by atoms with Crippen molar-refractivity contribution in [1.29, 1.82) is 0 Å². The number of hydrogen-bond acceptors (Lipinski definition) is 2. The molecule has 2 aromatic carbocycles. The van der Waals surface area contributed by atoms with E-state index in [1.54, 1.807) is 0 Å². The number of ether oxygens (including phenoxy) is 1. The molecule has 24 heavy (non-hydrogen) atoms. The first kappa shape index (κ1) is 16.3. The van der Waals surface area contributed by atoms with Crippen molar-refractivity contribution >= 4 is 6.09 Å². The van der Waals surface area contributed by atoms with Gasteiger partial charge in [0.05, 0.1) is 6.04 Å². The molecule has 0 aliphatic heterocycles. The molecule has 0 N–H and O–H groups in total. The van der Waals surface area contributed by atoms with Gasteiger partial charge in [-0.15, -0.1) is 6.58 Å². The SMILES string of the molecule is C=CCC(c1ccccc1)N(C(=O)OCc1ccccc1)C1CC1. The van der Waals surface area contributed by atoms with Crippen molar-refractivity contribution in [3.05, 3.63) is 84.4 Å². The summed E-state index contributed by atoms with van der Waals surface area (Å²) in [5.41, 5.74) is 2.13. The van der Waals surface area contributed by atoms with Crippen LogP contribution in [0.4, 0.5) is 4.79 Å². The highest BCUT2D eigenvalue weighted by Gasteiger charge is 2.38. The molecule has 124 valence electrons. The standard InChI is InChI=1S/C21H23NO2/c1-2-9-20(18-12-7-4-8-13-18)22(19-14-15-19)21(23)24-16-17-10-5-3-6-11-17/h2-8,10-13,19-20H,1,9,14-16H2. The fourth-order valence-corrected chi connectivity index (χ4v) is 2.92. The lowest BCUT2D eigenvalue weighted by Gasteiger charge is -2.31. The lowest BCUT2D eigenvalue weighted by Crippen LogP contribution is -2.37. The molecular formula is C21H23NO2. The van der Waals surface area contributed by atoms with Crippen molar-refractivity contribution in [2.45, 2.75) is 38.0 Å². The van der Waals surface area contributed by atoms with Crippen molar-refractivity contribution < 1.29 is 9.53 Å². The highest BCUT2D eigenvalue weighted by Crippen LogP contribution is 2.37. The molecule has 0 aromatic heterocycles. The quantitative estimate of drug-likeness (QED) is 0.664. The largest absolute Gasteiger partial charge is 0.445 e. The zero-order valence-electron chi connectivity index (χ0n) is 13.8. The Balaban J connectivity index is 1.74. The summed E-state index contributed by atoms with van der Waals surface area (Å²) < 4.78 is 5.59. The Morgan fingerprint density at radius 2 is 1.75 bits per heavy atom. The molecule has 1 atom stereocenters. The number of nitrogens with zero attached hydrogens (tertiary/aromatic N) is 1. The molecule has 1 aliphatic carbocycles. The number of hydrogen-bond donors (Lipinski definition) is 0. The predicted octanol–water partition coefficient (Wildman–Crippen LogP) is 5.11. The van der Waals surface area contributed by atoms with Crippen LogP contribution in [0.5, 0.6) is 0 Å². The van der Waals surface area contributed by atoms with Gasteiger partial charge in [-0.1, -0.05) is 66.7 Å². The highest BCUT2D eigenvalue weighted by molar-refractivity contribution is 5.69. The van der Waals surface area contributed by atoms with Gasteiger partial charge in [0.15, 0.2) is 0 Å². The third-order valence-electron chi connectivity index (χ3n) is 4.27. The van der Waals surface area contributed by atoms with Gasteiger partial charge in [0.2, 0.25) is 0 Å². The molecule has 3 heteroatoms. The van der Waals surface area contributed by atoms with Crippen molar-refractivity contribution in [2.24, 2.45) is 0 Å². The first-order valence-corrected chi connectivity index (χ1v) is 8.44. The summed E-state index contributed by atoms with van der Waals surface area (Å²) in [6.45, 7) is 4.17. The molecule has 1 saturated carbocycles. The average molecular weight is 321 g/mol. The van der Waals surface area contributed by atoms with Crippen LogP contribution in [-0.2, 0) is 11.3 Å². The molecule has 0 bridgehead atoms. The van der Waals surface area contributed by atoms with E-state index < -0.39 is 0 Å². The van der Waals surface area contributed by atoms with E-state index >= 15 is 0 Å². The predicted molar refractivity (Wildman–Crippen MR) is 95.5 cm³/mol. The molecule has 0 saturated heterocycles. The fourth-order valence-electron chi connectivity index (χ4n) is 2.92. The Hall–Kier alpha value is -2.55. The van der Waals surface area contributed by atoms with Gasteiger partial charge < -0.3 is 4.74 Å². The van der Waals surface area contributed by atoms with E-state index in [0.29, 0.717) is 6.61 Å². The van der Waals surface area contributed by atoms with Gasteiger partial charge in [-0.05, 0) is 30.4 Å². The topological polar surface area (TPSA) is 29.5 Å². The van der Waals surface area contributed by atoms with Gasteiger partial charge in [-0.2, -0.15) is 0 Å². The van der Waals surface area contributed by atoms with E-state index in [1.165, 1.54) is 0 Å². The van der Waals surface area contributed by atoms with Crippen LogP contribution in [0, 0.1) is 0 Å². The van der Waals surface area contributed by atoms with E-state index in [9.17, 15) is 4.79 Å². The molecule has 1 amide bonds. The molecule has 3 rings (SSSR count). The monoisotopic (exact) mass is 321 g/mol. The number of carbonyl (C=O) groups is 1. The van der Waals surface area contributed by atoms with E-state index in [2.05, 4.69) is 18.7 Å². The second-order valence-electron chi connectivity index (χ2n) is 6.13. The van der Waals surface area contributed by atoms with Crippen LogP contribution >= 0.6 is 0 Å². The average Bonchev–Trinajstić information content (AvgIpc) is 3.46. The second-order valence-corrected chi connectivity index (χ2v) is 6.13. The van der Waals surface area contributed by atoms with Crippen LogP contribution in [0.25, 0.3) is 0 Å². The molecule has 0 heterocycles. The fraction of sp³-hybridized carbons (Fsp3) is 0.286. The summed E-state index contributed by atoms with van der Waals surface area (Å²) in [6, 6.07) is 20.2. The van der Waals surface area contributed by atoms with Crippen molar-refractivity contribution in [1.82, 2.24) is 4.90 Å². The van der Waals surface area contributed by atoms with Crippen molar-refractivity contribution in [3.63, 3.8) is 0 Å². The first-order chi connectivity index (χ1) is 11.8. The first-order valence-electron chi connectivity index (χ1n) is 8.44. The minimum Gasteiger partial charge on any atom is -0.445 e. The minimum atomic E-state index is -0.239. The van der Waals surface area contributed by atoms with Crippen LogP contribution in [-0.4, -0.2) is 17.0 Å². The van der Waals surface area contributed by atoms with Gasteiger partial charge in [0.1, 0.15) is 6.61 Å². The summed E-state index contributed by atoms with van der Waals surface area (Å²) >= 11 is 0. The van der Waals surface area contributed by atoms with E-state index in [4.69, 9.17) is 4.74 Å². The minimum absolute atomic E-state index is 0.0144. The second kappa shape index (κ2) is 7.82. The van der Waals surface area contributed by atoms with Crippen LogP contribution in [0.2, 0.25) is 0 Å². The smallest absolute Gasteiger partial charge is 0.410 e. The third-order valence-corrected chi connectivity index (χ3v) is 4.27. The Morgan fingerprint density at radius 3 is 2.33 bits per heavy atom. The van der Waals surface area contributed by atoms with Crippen LogP contribution < -0.4 is 0 Å². The molecule has 1 aliphatic rings. The maximum absolute atomic E-state index is 12.8. The van der Waals surface area contributed by atoms with Crippen LogP contribution in [0.15, 0.2) is 73.3 Å². The molecule has 1 fully saturated rings. The normalized spacial score (nSPS) is 14.7. The van der Waals surface area contributed by atoms with Crippen LogP contribution in [0.3, 0.4) is 0 Å². The Kier molecular flexibility index (Phi) is 5.32. The van der Waals surface area contributed by atoms with E-state index in [1.807, 2.05) is 59.5 Å². The van der Waals surface area contributed by atoms with Gasteiger partial charge >= 0.3 is 6.09 Å². The van der Waals surface area contributed by atoms with E-state index in [-0.39, 0.29) is 18.2 Å². The number of rotatable bonds is 7. The third kappa shape index (κ3) is 4.05. The molecule has 0 spiro atoms. The summed E-state index contributed by atoms with van der Waals surface area (Å²) in [7, 11) is 0. The molecule has 0 radical (unpaired) electrons. The summed E-state index contributed by atoms with van der Waals surface area (Å²) in [4.78, 5) is 14.7. The summed E-state index contributed by atoms with van der Waals surface area (Å²) in [6.07, 6.45) is 4.44. The summed E-state index contributed by atoms with van der Waals surface area (Å²) in [5, 5.41) is 0. The van der Waals surface area contributed by atoms with Crippen LogP contribution in [0.1, 0.15) is 36.4 Å². The van der Waals surface area contributed by atoms with Crippen molar-refractivity contribution in [3.8, 4) is 0 Å². The van der Waals surface area contributed by atoms with Gasteiger partial charge in [0.25, 0.3) is 0 Å². The lowest BCUT2D eigenvalue weighted by molar-refractivity contribution is 0.0768. The lowest BCUT2D eigenvalue weighted by atomic mass is 10.0. The Morgan fingerprint density at radius 1 is 1.12 bits per heavy atom. The maximum Gasteiger partial charge on any atom is 0.410 e. The van der Waals surface area contributed by atoms with E-state index in [0.717, 1.165) is 30.4 Å². The number of carbonyl (C=O) groups excluding carboxylic acids is 1. The van der Waals surface area contributed by atoms with Crippen molar-refractivity contribution in [2.75, 3.05) is 0 Å². The zero-order valence-corrected chi connectivity index (χ0v) is 13.8. The van der Waals surface area contributed by atoms with Gasteiger partial charge in [0, 0.05) is 6.04 Å².